The molecule has 0 N–H and O–H groups in total. The molecule has 1 aliphatic heterocycles. The van der Waals surface area contributed by atoms with Crippen molar-refractivity contribution >= 4 is 12.0 Å². The lowest BCUT2D eigenvalue weighted by molar-refractivity contribution is -0.104. The molecule has 3 rings (SSSR count). The molecule has 1 unspecified atom stereocenters. The number of hydrogen-bond acceptors (Lipinski definition) is 3. The molecule has 3 nitrogen and oxygen atoms in total. The molecule has 24 heavy (non-hydrogen) atoms. The van der Waals surface area contributed by atoms with Crippen molar-refractivity contribution in [1.82, 2.24) is 0 Å². The average Bonchev–Trinajstić information content (AvgIpc) is 2.84. The van der Waals surface area contributed by atoms with Gasteiger partial charge in [0, 0.05) is 23.3 Å². The maximum absolute atomic E-state index is 11.3. The van der Waals surface area contributed by atoms with Crippen LogP contribution in [0.4, 0.5) is 5.69 Å². The molecule has 1 atom stereocenters. The Bertz CT molecular complexity index is 767. The van der Waals surface area contributed by atoms with Gasteiger partial charge in [-0.25, -0.2) is 0 Å². The first kappa shape index (κ1) is 16.3. The van der Waals surface area contributed by atoms with Gasteiger partial charge >= 0.3 is 0 Å². The van der Waals surface area contributed by atoms with Crippen LogP contribution in [-0.4, -0.2) is 19.9 Å². The van der Waals surface area contributed by atoms with Crippen LogP contribution in [0.1, 0.15) is 25.0 Å². The Morgan fingerprint density at radius 2 is 1.92 bits per heavy atom. The van der Waals surface area contributed by atoms with Crippen molar-refractivity contribution in [2.24, 2.45) is 0 Å². The molecule has 0 aliphatic carbocycles. The fourth-order valence-corrected chi connectivity index (χ4v) is 3.75. The Morgan fingerprint density at radius 3 is 2.54 bits per heavy atom. The summed E-state index contributed by atoms with van der Waals surface area (Å²) in [6.45, 7) is 5.15. The van der Waals surface area contributed by atoms with E-state index in [1.807, 2.05) is 12.1 Å². The average molecular weight is 321 g/mol. The molecule has 3 heteroatoms. The third-order valence-electron chi connectivity index (χ3n) is 4.89. The summed E-state index contributed by atoms with van der Waals surface area (Å²) in [5, 5.41) is 0. The molecule has 1 aliphatic rings. The monoisotopic (exact) mass is 321 g/mol. The Hall–Kier alpha value is -2.55. The van der Waals surface area contributed by atoms with Gasteiger partial charge in [-0.05, 0) is 55.7 Å². The summed E-state index contributed by atoms with van der Waals surface area (Å²) in [5.41, 5.74) is 4.41. The molecule has 0 bridgehead atoms. The van der Waals surface area contributed by atoms with Crippen LogP contribution in [0.15, 0.2) is 60.3 Å². The highest BCUT2D eigenvalue weighted by Gasteiger charge is 2.43. The van der Waals surface area contributed by atoms with E-state index in [1.165, 1.54) is 11.1 Å². The van der Waals surface area contributed by atoms with Crippen molar-refractivity contribution in [1.29, 1.82) is 0 Å². The van der Waals surface area contributed by atoms with Crippen LogP contribution >= 0.6 is 0 Å². The number of nitrogens with zero attached hydrogens (tertiary/aromatic N) is 1. The molecule has 0 radical (unpaired) electrons. The highest BCUT2D eigenvalue weighted by molar-refractivity contribution is 5.78. The van der Waals surface area contributed by atoms with Crippen LogP contribution in [0.5, 0.6) is 5.75 Å². The number of allylic oxidation sites excluding steroid dienone is 2. The number of methoxy groups -OCH3 is 1. The number of anilines is 1. The number of hydrogen-bond donors (Lipinski definition) is 0. The first-order valence-corrected chi connectivity index (χ1v) is 8.30. The maximum atomic E-state index is 11.3. The minimum atomic E-state index is -0.262. The van der Waals surface area contributed by atoms with Gasteiger partial charge in [-0.15, -0.1) is 0 Å². The lowest BCUT2D eigenvalue weighted by Crippen LogP contribution is -2.30. The lowest BCUT2D eigenvalue weighted by atomic mass is 9.76. The van der Waals surface area contributed by atoms with E-state index < -0.39 is 0 Å². The number of carbonyl (C=O) groups excluding carboxylic acids is 1. The van der Waals surface area contributed by atoms with Gasteiger partial charge in [-0.3, -0.25) is 4.79 Å². The largest absolute Gasteiger partial charge is 0.497 e. The molecule has 0 saturated heterocycles. The van der Waals surface area contributed by atoms with E-state index in [-0.39, 0.29) is 5.41 Å². The first-order chi connectivity index (χ1) is 11.6. The van der Waals surface area contributed by atoms with Crippen molar-refractivity contribution in [3.63, 3.8) is 0 Å². The lowest BCUT2D eigenvalue weighted by Gasteiger charge is -2.29. The number of rotatable bonds is 5. The second-order valence-corrected chi connectivity index (χ2v) is 6.31. The van der Waals surface area contributed by atoms with E-state index in [4.69, 9.17) is 4.74 Å². The van der Waals surface area contributed by atoms with Crippen LogP contribution in [0.2, 0.25) is 0 Å². The number of carbonyl (C=O) groups is 1. The van der Waals surface area contributed by atoms with Crippen molar-refractivity contribution in [2.75, 3.05) is 18.6 Å². The van der Waals surface area contributed by atoms with Gasteiger partial charge in [0.15, 0.2) is 0 Å². The van der Waals surface area contributed by atoms with Crippen molar-refractivity contribution in [3.05, 3.63) is 71.4 Å². The molecule has 0 spiro atoms. The molecule has 0 aromatic heterocycles. The molecular formula is C21H23NO2. The summed E-state index contributed by atoms with van der Waals surface area (Å²) >= 11 is 0. The zero-order chi connectivity index (χ0) is 17.2. The summed E-state index contributed by atoms with van der Waals surface area (Å²) in [5.74, 6) is 0.844. The fraction of sp³-hybridized carbons (Fsp3) is 0.286. The summed E-state index contributed by atoms with van der Waals surface area (Å²) in [4.78, 5) is 13.5. The van der Waals surface area contributed by atoms with E-state index in [9.17, 15) is 4.79 Å². The van der Waals surface area contributed by atoms with E-state index >= 15 is 0 Å². The predicted octanol–water partition coefficient (Wildman–Crippen LogP) is 4.12. The Balaban J connectivity index is 2.17. The standard InChI is InChI=1S/C21H23NO2/c1-4-22-19-11-10-17(24-3)14-18(19)21(2,20(22)12-13-23)15-16-8-6-5-7-9-16/h5-14H,4,15H2,1-3H3. The zero-order valence-electron chi connectivity index (χ0n) is 14.5. The number of aldehydes is 1. The molecule has 0 amide bonds. The van der Waals surface area contributed by atoms with Crippen LogP contribution in [0.25, 0.3) is 0 Å². The summed E-state index contributed by atoms with van der Waals surface area (Å²) < 4.78 is 5.44. The molecular weight excluding hydrogens is 298 g/mol. The van der Waals surface area contributed by atoms with Crippen LogP contribution < -0.4 is 9.64 Å². The highest BCUT2D eigenvalue weighted by Crippen LogP contribution is 2.50. The van der Waals surface area contributed by atoms with Gasteiger partial charge in [0.2, 0.25) is 0 Å². The molecule has 1 heterocycles. The summed E-state index contributed by atoms with van der Waals surface area (Å²) in [6, 6.07) is 16.6. The van der Waals surface area contributed by atoms with E-state index in [1.54, 1.807) is 13.2 Å². The molecule has 2 aromatic carbocycles. The van der Waals surface area contributed by atoms with E-state index in [0.717, 1.165) is 36.4 Å². The van der Waals surface area contributed by atoms with Gasteiger partial charge in [0.05, 0.1) is 7.11 Å². The summed E-state index contributed by atoms with van der Waals surface area (Å²) in [6.07, 6.45) is 3.44. The smallest absolute Gasteiger partial charge is 0.144 e. The number of fused-ring (bicyclic) bond motifs is 1. The number of benzene rings is 2. The Labute approximate surface area is 143 Å². The minimum Gasteiger partial charge on any atom is -0.497 e. The fourth-order valence-electron chi connectivity index (χ4n) is 3.75. The van der Waals surface area contributed by atoms with E-state index in [2.05, 4.69) is 55.1 Å². The quantitative estimate of drug-likeness (QED) is 0.613. The number of likely N-dealkylation sites (N-methyl/N-ethyl adjacent to an activating group) is 1. The Morgan fingerprint density at radius 1 is 1.17 bits per heavy atom. The van der Waals surface area contributed by atoms with Gasteiger partial charge in [0.1, 0.15) is 12.0 Å². The Kier molecular flexibility index (Phi) is 4.43. The van der Waals surface area contributed by atoms with Crippen molar-refractivity contribution in [3.8, 4) is 5.75 Å². The minimum absolute atomic E-state index is 0.262. The molecule has 124 valence electrons. The normalized spacial score (nSPS) is 21.0. The van der Waals surface area contributed by atoms with Gasteiger partial charge in [-0.2, -0.15) is 0 Å². The molecule has 0 fully saturated rings. The van der Waals surface area contributed by atoms with Gasteiger partial charge < -0.3 is 9.64 Å². The topological polar surface area (TPSA) is 29.5 Å². The van der Waals surface area contributed by atoms with Crippen molar-refractivity contribution in [2.45, 2.75) is 25.7 Å². The second kappa shape index (κ2) is 6.52. The first-order valence-electron chi connectivity index (χ1n) is 8.30. The number of ether oxygens (including phenoxy) is 1. The molecule has 2 aromatic rings. The predicted molar refractivity (Wildman–Crippen MR) is 97.7 cm³/mol. The zero-order valence-corrected chi connectivity index (χ0v) is 14.5. The third kappa shape index (κ3) is 2.60. The highest BCUT2D eigenvalue weighted by atomic mass is 16.5. The van der Waals surface area contributed by atoms with Gasteiger partial charge in [-0.1, -0.05) is 30.3 Å². The van der Waals surface area contributed by atoms with E-state index in [0.29, 0.717) is 0 Å². The van der Waals surface area contributed by atoms with Crippen molar-refractivity contribution < 1.29 is 9.53 Å². The maximum Gasteiger partial charge on any atom is 0.144 e. The summed E-state index contributed by atoms with van der Waals surface area (Å²) in [7, 11) is 1.69. The SMILES string of the molecule is CCN1C(=CC=O)C(C)(Cc2ccccc2)c2cc(OC)ccc21. The third-order valence-corrected chi connectivity index (χ3v) is 4.89. The van der Waals surface area contributed by atoms with Crippen LogP contribution in [0, 0.1) is 0 Å². The van der Waals surface area contributed by atoms with Gasteiger partial charge in [0.25, 0.3) is 0 Å². The van der Waals surface area contributed by atoms with Crippen LogP contribution in [-0.2, 0) is 16.6 Å². The van der Waals surface area contributed by atoms with Crippen LogP contribution in [0.3, 0.4) is 0 Å². The second-order valence-electron chi connectivity index (χ2n) is 6.31. The molecule has 0 saturated carbocycles.